The Kier molecular flexibility index (Phi) is 7.89. The van der Waals surface area contributed by atoms with E-state index < -0.39 is 0 Å². The van der Waals surface area contributed by atoms with E-state index in [2.05, 4.69) is 175 Å². The van der Waals surface area contributed by atoms with E-state index in [0.717, 1.165) is 12.8 Å². The molecule has 0 saturated heterocycles. The van der Waals surface area contributed by atoms with Gasteiger partial charge in [0.15, 0.2) is 0 Å². The standard InChI is InChI=1S/C52H46/c1-7-33-17-23-43-47(25-33)51(49-29-37-21-19-35(31(3)4)27-45(37)39-13-9-11-15-41(39)49)44-24-18-34(8-2)26-48(44)52(43)50-30-38-22-20-36(32(5)6)28-46(38)40-14-10-12-16-42(40)50/h9-32H,7-8H2,1-6H3. The molecule has 0 aromatic heterocycles. The Hall–Kier alpha value is -5.46. The first-order valence-corrected chi connectivity index (χ1v) is 19.3. The summed E-state index contributed by atoms with van der Waals surface area (Å²) < 4.78 is 0. The Balaban J connectivity index is 1.47. The molecule has 0 unspecified atom stereocenters. The van der Waals surface area contributed by atoms with Crippen LogP contribution in [0.2, 0.25) is 0 Å². The van der Waals surface area contributed by atoms with Crippen LogP contribution in [0.3, 0.4) is 0 Å². The third kappa shape index (κ3) is 5.11. The number of rotatable bonds is 6. The Labute approximate surface area is 307 Å². The number of fused-ring (bicyclic) bond motifs is 8. The summed E-state index contributed by atoms with van der Waals surface area (Å²) in [5.74, 6) is 0.957. The van der Waals surface area contributed by atoms with Crippen LogP contribution in [0.1, 0.15) is 75.6 Å². The Morgan fingerprint density at radius 1 is 0.346 bits per heavy atom. The lowest BCUT2D eigenvalue weighted by molar-refractivity contribution is 0.869. The summed E-state index contributed by atoms with van der Waals surface area (Å²) in [5.41, 5.74) is 10.8. The van der Waals surface area contributed by atoms with Crippen LogP contribution in [0.15, 0.2) is 133 Å². The van der Waals surface area contributed by atoms with Crippen LogP contribution in [0, 0.1) is 0 Å². The molecule has 0 spiro atoms. The molecule has 9 aromatic rings. The maximum absolute atomic E-state index is 2.49. The highest BCUT2D eigenvalue weighted by molar-refractivity contribution is 6.28. The van der Waals surface area contributed by atoms with E-state index in [4.69, 9.17) is 0 Å². The summed E-state index contributed by atoms with van der Waals surface area (Å²) in [5, 5.41) is 15.8. The van der Waals surface area contributed by atoms with Crippen molar-refractivity contribution < 1.29 is 0 Å². The number of aryl methyl sites for hydroxylation is 2. The lowest BCUT2D eigenvalue weighted by atomic mass is 9.81. The average Bonchev–Trinajstić information content (AvgIpc) is 3.18. The van der Waals surface area contributed by atoms with E-state index in [9.17, 15) is 0 Å². The van der Waals surface area contributed by atoms with Gasteiger partial charge in [0, 0.05) is 0 Å². The molecule has 0 saturated carbocycles. The Morgan fingerprint density at radius 3 is 1.13 bits per heavy atom. The van der Waals surface area contributed by atoms with Crippen LogP contribution in [0.4, 0.5) is 0 Å². The minimum absolute atomic E-state index is 0.479. The van der Waals surface area contributed by atoms with Gasteiger partial charge in [0.1, 0.15) is 0 Å². The normalized spacial score (nSPS) is 12.2. The van der Waals surface area contributed by atoms with E-state index >= 15 is 0 Å². The van der Waals surface area contributed by atoms with Crippen LogP contribution < -0.4 is 0 Å². The fourth-order valence-electron chi connectivity index (χ4n) is 8.71. The topological polar surface area (TPSA) is 0 Å². The van der Waals surface area contributed by atoms with Crippen molar-refractivity contribution in [2.24, 2.45) is 0 Å². The molecule has 0 atom stereocenters. The van der Waals surface area contributed by atoms with E-state index in [1.54, 1.807) is 0 Å². The molecule has 0 heterocycles. The van der Waals surface area contributed by atoms with Crippen LogP contribution in [0.25, 0.3) is 86.9 Å². The molecule has 0 amide bonds. The van der Waals surface area contributed by atoms with Crippen molar-refractivity contribution in [2.75, 3.05) is 0 Å². The van der Waals surface area contributed by atoms with Gasteiger partial charge in [-0.3, -0.25) is 0 Å². The Morgan fingerprint density at radius 2 is 0.750 bits per heavy atom. The summed E-state index contributed by atoms with van der Waals surface area (Å²) in [6, 6.07) is 51.8. The van der Waals surface area contributed by atoms with E-state index in [0.29, 0.717) is 11.8 Å². The molecule has 0 aliphatic carbocycles. The molecule has 0 N–H and O–H groups in total. The summed E-state index contributed by atoms with van der Waals surface area (Å²) >= 11 is 0. The Bertz CT molecular complexity index is 2670. The molecule has 0 heteroatoms. The summed E-state index contributed by atoms with van der Waals surface area (Å²) in [4.78, 5) is 0. The van der Waals surface area contributed by atoms with Crippen LogP contribution in [0.5, 0.6) is 0 Å². The van der Waals surface area contributed by atoms with Gasteiger partial charge in [-0.15, -0.1) is 0 Å². The van der Waals surface area contributed by atoms with Gasteiger partial charge in [0.2, 0.25) is 0 Å². The van der Waals surface area contributed by atoms with Crippen molar-refractivity contribution in [3.63, 3.8) is 0 Å². The predicted molar refractivity (Wildman–Crippen MR) is 229 cm³/mol. The summed E-state index contributed by atoms with van der Waals surface area (Å²) in [6.45, 7) is 13.7. The van der Waals surface area contributed by atoms with Crippen molar-refractivity contribution >= 4 is 64.6 Å². The molecule has 52 heavy (non-hydrogen) atoms. The second-order valence-electron chi connectivity index (χ2n) is 15.4. The SMILES string of the molecule is CCc1ccc2c(-c3cc4ccc(C(C)C)cc4c4ccccc34)c3cc(CC)ccc3c(-c3cc4ccc(C(C)C)cc4c4ccccc34)c2c1. The van der Waals surface area contributed by atoms with Gasteiger partial charge in [-0.1, -0.05) is 163 Å². The zero-order valence-electron chi connectivity index (χ0n) is 31.3. The van der Waals surface area contributed by atoms with Gasteiger partial charge in [-0.25, -0.2) is 0 Å². The zero-order valence-corrected chi connectivity index (χ0v) is 31.3. The second-order valence-corrected chi connectivity index (χ2v) is 15.4. The quantitative estimate of drug-likeness (QED) is 0.122. The zero-order chi connectivity index (χ0) is 35.7. The van der Waals surface area contributed by atoms with Gasteiger partial charge >= 0.3 is 0 Å². The van der Waals surface area contributed by atoms with E-state index in [-0.39, 0.29) is 0 Å². The largest absolute Gasteiger partial charge is 0.0616 e. The molecule has 9 rings (SSSR count). The molecular formula is C52H46. The first kappa shape index (κ1) is 32.4. The number of hydrogen-bond acceptors (Lipinski definition) is 0. The molecule has 0 aliphatic rings. The molecule has 0 bridgehead atoms. The minimum Gasteiger partial charge on any atom is -0.0616 e. The van der Waals surface area contributed by atoms with Gasteiger partial charge in [0.25, 0.3) is 0 Å². The fourth-order valence-corrected chi connectivity index (χ4v) is 8.71. The average molecular weight is 671 g/mol. The summed E-state index contributed by atoms with van der Waals surface area (Å²) in [7, 11) is 0. The molecular weight excluding hydrogens is 625 g/mol. The maximum atomic E-state index is 2.49. The van der Waals surface area contributed by atoms with Gasteiger partial charge < -0.3 is 0 Å². The van der Waals surface area contributed by atoms with Crippen molar-refractivity contribution in [3.8, 4) is 22.3 Å². The third-order valence-electron chi connectivity index (χ3n) is 11.7. The number of hydrogen-bond donors (Lipinski definition) is 0. The molecule has 0 nitrogen and oxygen atoms in total. The lowest BCUT2D eigenvalue weighted by Gasteiger charge is -2.22. The first-order valence-electron chi connectivity index (χ1n) is 19.3. The molecule has 254 valence electrons. The minimum atomic E-state index is 0.479. The van der Waals surface area contributed by atoms with E-state index in [1.807, 2.05) is 0 Å². The highest BCUT2D eigenvalue weighted by Gasteiger charge is 2.22. The van der Waals surface area contributed by atoms with Gasteiger partial charge in [-0.2, -0.15) is 0 Å². The van der Waals surface area contributed by atoms with Crippen molar-refractivity contribution in [1.82, 2.24) is 0 Å². The van der Waals surface area contributed by atoms with Crippen molar-refractivity contribution in [2.45, 2.75) is 66.2 Å². The molecule has 0 fully saturated rings. The van der Waals surface area contributed by atoms with Crippen LogP contribution in [-0.4, -0.2) is 0 Å². The van der Waals surface area contributed by atoms with Crippen molar-refractivity contribution in [3.05, 3.63) is 156 Å². The van der Waals surface area contributed by atoms with Gasteiger partial charge in [-0.05, 0) is 146 Å². The van der Waals surface area contributed by atoms with Gasteiger partial charge in [0.05, 0.1) is 0 Å². The highest BCUT2D eigenvalue weighted by atomic mass is 14.2. The molecule has 0 radical (unpaired) electrons. The first-order chi connectivity index (χ1) is 25.3. The third-order valence-corrected chi connectivity index (χ3v) is 11.7. The predicted octanol–water partition coefficient (Wildman–Crippen LogP) is 15.3. The van der Waals surface area contributed by atoms with E-state index in [1.165, 1.54) is 109 Å². The smallest absolute Gasteiger partial charge is 0.00198 e. The fraction of sp³-hybridized carbons (Fsp3) is 0.192. The summed E-state index contributed by atoms with van der Waals surface area (Å²) in [6.07, 6.45) is 1.98. The monoisotopic (exact) mass is 670 g/mol. The highest BCUT2D eigenvalue weighted by Crippen LogP contribution is 2.49. The molecule has 9 aromatic carbocycles. The number of benzene rings is 9. The maximum Gasteiger partial charge on any atom is -0.00198 e. The molecule has 0 aliphatic heterocycles. The van der Waals surface area contributed by atoms with Crippen LogP contribution >= 0.6 is 0 Å². The van der Waals surface area contributed by atoms with Crippen LogP contribution in [-0.2, 0) is 12.8 Å². The lowest BCUT2D eigenvalue weighted by Crippen LogP contribution is -1.96. The second kappa shape index (κ2) is 12.6. The van der Waals surface area contributed by atoms with Crippen molar-refractivity contribution in [1.29, 1.82) is 0 Å².